The molecule has 3 aromatic heterocycles. The molecule has 5 heteroatoms. The van der Waals surface area contributed by atoms with Crippen LogP contribution in [0.1, 0.15) is 16.7 Å². The number of imidazole rings is 1. The van der Waals surface area contributed by atoms with Crippen molar-refractivity contribution in [3.63, 3.8) is 0 Å². The molecule has 11 rings (SSSR count). The van der Waals surface area contributed by atoms with Gasteiger partial charge < -0.3 is 4.57 Å². The number of nitrogens with zero attached hydrogens (tertiary/aromatic N) is 5. The van der Waals surface area contributed by atoms with E-state index in [1.165, 1.54) is 82.2 Å². The molecule has 0 saturated heterocycles. The molecule has 0 unspecified atom stereocenters. The van der Waals surface area contributed by atoms with Crippen molar-refractivity contribution < 1.29 is 0 Å². The highest BCUT2D eigenvalue weighted by molar-refractivity contribution is 6.23. The Morgan fingerprint density at radius 2 is 1.10 bits per heavy atom. The van der Waals surface area contributed by atoms with Crippen LogP contribution in [-0.2, 0) is 0 Å². The number of fused-ring (bicyclic) bond motifs is 9. The lowest BCUT2D eigenvalue weighted by atomic mass is 9.90. The Labute approximate surface area is 342 Å². The minimum atomic E-state index is 0.669. The summed E-state index contributed by atoms with van der Waals surface area (Å²) in [5, 5.41) is 9.65. The number of para-hydroxylation sites is 1. The summed E-state index contributed by atoms with van der Waals surface area (Å²) >= 11 is 0. The van der Waals surface area contributed by atoms with Gasteiger partial charge in [0.1, 0.15) is 17.7 Å². The molecule has 0 spiro atoms. The Hall–Kier alpha value is -7.63. The Kier molecular flexibility index (Phi) is 8.72. The highest BCUT2D eigenvalue weighted by atomic mass is 15.1. The zero-order chi connectivity index (χ0) is 40.2. The SMILES string of the molecule is C=CC=C.Cc1cc(C)c(-n2c3ccccc3c3cc(-c4cc5c6ccccc6c(-n6c(-c7ccccc7)nc7ncncc76)cc5c5ccccc45)ccc32)c(C)c1. The standard InChI is InChI=1S/C50H35N5.C4H6/c1-30-23-31(2)48(32(3)24-30)54-44-20-12-11-19-39(44)43-25-34(21-22-45(43)54)40-26-41-37-17-9-10-18-38(37)46(27-42(41)36-16-8-7-15-35(36)40)55-47-28-51-29-52-49(47)53-50(55)33-13-5-4-6-14-33;1-3-4-2/h4-29H,1-3H3;3-4H,1-2H2. The van der Waals surface area contributed by atoms with Crippen LogP contribution in [0.15, 0.2) is 183 Å². The van der Waals surface area contributed by atoms with Crippen LogP contribution in [0, 0.1) is 20.8 Å². The lowest BCUT2D eigenvalue weighted by Crippen LogP contribution is -2.01. The highest BCUT2D eigenvalue weighted by Gasteiger charge is 2.21. The van der Waals surface area contributed by atoms with Gasteiger partial charge in [-0.2, -0.15) is 0 Å². The maximum Gasteiger partial charge on any atom is 0.181 e. The third-order valence-electron chi connectivity index (χ3n) is 11.5. The first-order valence-corrected chi connectivity index (χ1v) is 19.9. The third kappa shape index (κ3) is 5.81. The van der Waals surface area contributed by atoms with E-state index in [0.717, 1.165) is 28.0 Å². The quantitative estimate of drug-likeness (QED) is 0.130. The Bertz CT molecular complexity index is 3430. The fourth-order valence-corrected chi connectivity index (χ4v) is 9.11. The van der Waals surface area contributed by atoms with Gasteiger partial charge in [0, 0.05) is 21.7 Å². The summed E-state index contributed by atoms with van der Waals surface area (Å²) in [6.45, 7) is 13.4. The number of benzene rings is 8. The van der Waals surface area contributed by atoms with Gasteiger partial charge in [-0.15, -0.1) is 0 Å². The molecule has 0 aliphatic carbocycles. The van der Waals surface area contributed by atoms with Crippen LogP contribution in [0.25, 0.3) is 99.2 Å². The minimum Gasteiger partial charge on any atom is -0.309 e. The molecule has 59 heavy (non-hydrogen) atoms. The first-order chi connectivity index (χ1) is 28.9. The van der Waals surface area contributed by atoms with Gasteiger partial charge in [0.05, 0.1) is 28.6 Å². The van der Waals surface area contributed by atoms with Gasteiger partial charge in [0.2, 0.25) is 0 Å². The molecule has 0 N–H and O–H groups in total. The average Bonchev–Trinajstić information content (AvgIpc) is 3.82. The van der Waals surface area contributed by atoms with Gasteiger partial charge in [-0.05, 0) is 100 Å². The second-order valence-corrected chi connectivity index (χ2v) is 15.2. The van der Waals surface area contributed by atoms with Gasteiger partial charge >= 0.3 is 0 Å². The van der Waals surface area contributed by atoms with Crippen molar-refractivity contribution in [3.8, 4) is 33.9 Å². The topological polar surface area (TPSA) is 48.5 Å². The van der Waals surface area contributed by atoms with E-state index < -0.39 is 0 Å². The van der Waals surface area contributed by atoms with Crippen molar-refractivity contribution in [2.75, 3.05) is 0 Å². The van der Waals surface area contributed by atoms with Gasteiger partial charge in [-0.3, -0.25) is 4.57 Å². The normalized spacial score (nSPS) is 11.4. The summed E-state index contributed by atoms with van der Waals surface area (Å²) in [4.78, 5) is 14.1. The van der Waals surface area contributed by atoms with Gasteiger partial charge in [0.25, 0.3) is 0 Å². The fourth-order valence-electron chi connectivity index (χ4n) is 9.11. The van der Waals surface area contributed by atoms with Gasteiger partial charge in [-0.1, -0.05) is 146 Å². The number of rotatable bonds is 5. The average molecular weight is 760 g/mol. The van der Waals surface area contributed by atoms with Crippen molar-refractivity contribution in [2.24, 2.45) is 0 Å². The molecule has 0 atom stereocenters. The molecule has 3 heterocycles. The highest BCUT2D eigenvalue weighted by Crippen LogP contribution is 2.43. The van der Waals surface area contributed by atoms with E-state index in [9.17, 15) is 0 Å². The van der Waals surface area contributed by atoms with Crippen molar-refractivity contribution in [1.29, 1.82) is 0 Å². The first-order valence-electron chi connectivity index (χ1n) is 19.9. The Morgan fingerprint density at radius 1 is 0.492 bits per heavy atom. The van der Waals surface area contributed by atoms with E-state index in [2.05, 4.69) is 193 Å². The summed E-state index contributed by atoms with van der Waals surface area (Å²) in [6.07, 6.45) is 6.72. The zero-order valence-electron chi connectivity index (χ0n) is 33.3. The molecule has 282 valence electrons. The lowest BCUT2D eigenvalue weighted by Gasteiger charge is -2.18. The second kappa shape index (κ2) is 14.4. The molecule has 8 aromatic carbocycles. The number of aromatic nitrogens is 5. The van der Waals surface area contributed by atoms with Crippen LogP contribution < -0.4 is 0 Å². The minimum absolute atomic E-state index is 0.669. The summed E-state index contributed by atoms with van der Waals surface area (Å²) < 4.78 is 4.69. The number of allylic oxidation sites excluding steroid dienone is 2. The van der Waals surface area contributed by atoms with Crippen LogP contribution in [0.2, 0.25) is 0 Å². The van der Waals surface area contributed by atoms with E-state index in [-0.39, 0.29) is 0 Å². The summed E-state index contributed by atoms with van der Waals surface area (Å²) in [5.41, 5.74) is 13.6. The predicted molar refractivity (Wildman–Crippen MR) is 249 cm³/mol. The molecule has 0 amide bonds. The summed E-state index contributed by atoms with van der Waals surface area (Å²) in [7, 11) is 0. The smallest absolute Gasteiger partial charge is 0.181 e. The van der Waals surface area contributed by atoms with Gasteiger partial charge in [-0.25, -0.2) is 15.0 Å². The van der Waals surface area contributed by atoms with E-state index in [1.54, 1.807) is 18.5 Å². The lowest BCUT2D eigenvalue weighted by molar-refractivity contribution is 1.11. The van der Waals surface area contributed by atoms with Crippen LogP contribution in [0.3, 0.4) is 0 Å². The summed E-state index contributed by atoms with van der Waals surface area (Å²) in [5.74, 6) is 0.838. The van der Waals surface area contributed by atoms with E-state index in [1.807, 2.05) is 12.3 Å². The maximum atomic E-state index is 5.05. The van der Waals surface area contributed by atoms with Crippen LogP contribution >= 0.6 is 0 Å². The fraction of sp³-hybridized carbons (Fsp3) is 0.0556. The molecule has 0 fully saturated rings. The second-order valence-electron chi connectivity index (χ2n) is 15.2. The monoisotopic (exact) mass is 759 g/mol. The summed E-state index contributed by atoms with van der Waals surface area (Å²) in [6, 6.07) is 53.1. The van der Waals surface area contributed by atoms with Crippen LogP contribution in [0.4, 0.5) is 0 Å². The zero-order valence-corrected chi connectivity index (χ0v) is 33.3. The molecule has 0 aliphatic rings. The molecule has 0 bridgehead atoms. The first kappa shape index (κ1) is 35.8. The maximum absolute atomic E-state index is 5.05. The molecule has 0 aliphatic heterocycles. The number of hydrogen-bond donors (Lipinski definition) is 0. The Balaban J connectivity index is 0.00000101. The van der Waals surface area contributed by atoms with E-state index >= 15 is 0 Å². The third-order valence-corrected chi connectivity index (χ3v) is 11.5. The van der Waals surface area contributed by atoms with Crippen LogP contribution in [-0.4, -0.2) is 24.1 Å². The Morgan fingerprint density at radius 3 is 1.83 bits per heavy atom. The van der Waals surface area contributed by atoms with Crippen molar-refractivity contribution in [2.45, 2.75) is 20.8 Å². The van der Waals surface area contributed by atoms with Gasteiger partial charge in [0.15, 0.2) is 5.65 Å². The molecule has 5 nitrogen and oxygen atoms in total. The molecule has 11 aromatic rings. The molecule has 0 saturated carbocycles. The van der Waals surface area contributed by atoms with E-state index in [0.29, 0.717) is 5.65 Å². The molecule has 0 radical (unpaired) electrons. The molecular formula is C54H41N5. The van der Waals surface area contributed by atoms with Crippen LogP contribution in [0.5, 0.6) is 0 Å². The predicted octanol–water partition coefficient (Wildman–Crippen LogP) is 14.0. The van der Waals surface area contributed by atoms with Crippen molar-refractivity contribution in [3.05, 3.63) is 200 Å². The van der Waals surface area contributed by atoms with Crippen molar-refractivity contribution in [1.82, 2.24) is 24.1 Å². The van der Waals surface area contributed by atoms with E-state index in [4.69, 9.17) is 4.98 Å². The van der Waals surface area contributed by atoms with Crippen molar-refractivity contribution >= 4 is 65.3 Å². The number of aryl methyl sites for hydroxylation is 3. The molecular weight excluding hydrogens is 719 g/mol. The number of hydrogen-bond acceptors (Lipinski definition) is 3. The largest absolute Gasteiger partial charge is 0.309 e.